The third-order valence-electron chi connectivity index (χ3n) is 5.11. The van der Waals surface area contributed by atoms with Gasteiger partial charge in [-0.15, -0.1) is 0 Å². The van der Waals surface area contributed by atoms with E-state index in [1.807, 2.05) is 11.8 Å². The molecule has 0 aromatic carbocycles. The maximum Gasteiger partial charge on any atom is 0.242 e. The molecule has 0 aromatic rings. The van der Waals surface area contributed by atoms with Crippen molar-refractivity contribution in [2.24, 2.45) is 11.7 Å². The number of rotatable bonds is 5. The number of hydrogen-bond donors (Lipinski definition) is 2. The van der Waals surface area contributed by atoms with Crippen molar-refractivity contribution >= 4 is 11.8 Å². The van der Waals surface area contributed by atoms with Crippen LogP contribution in [0.4, 0.5) is 0 Å². The van der Waals surface area contributed by atoms with Crippen LogP contribution in [-0.4, -0.2) is 41.4 Å². The second-order valence-electron chi connectivity index (χ2n) is 7.15. The molecule has 1 saturated carbocycles. The van der Waals surface area contributed by atoms with E-state index >= 15 is 0 Å². The number of likely N-dealkylation sites (tertiary alicyclic amines) is 1. The highest BCUT2D eigenvalue weighted by molar-refractivity contribution is 5.87. The van der Waals surface area contributed by atoms with Crippen LogP contribution in [0.5, 0.6) is 0 Å². The number of carbonyl (C=O) groups is 2. The number of carbonyl (C=O) groups excluding carboxylic acids is 2. The maximum atomic E-state index is 12.7. The molecule has 0 aromatic heterocycles. The molecule has 2 fully saturated rings. The van der Waals surface area contributed by atoms with Gasteiger partial charge in [0.2, 0.25) is 11.8 Å². The second-order valence-corrected chi connectivity index (χ2v) is 7.15. The fourth-order valence-corrected chi connectivity index (χ4v) is 3.78. The number of amides is 2. The predicted octanol–water partition coefficient (Wildman–Crippen LogP) is 1.80. The Balaban J connectivity index is 1.91. The molecule has 0 spiro atoms. The summed E-state index contributed by atoms with van der Waals surface area (Å²) < 4.78 is 0. The number of piperidine rings is 1. The van der Waals surface area contributed by atoms with Gasteiger partial charge in [-0.1, -0.05) is 26.2 Å². The van der Waals surface area contributed by atoms with Gasteiger partial charge in [-0.3, -0.25) is 9.59 Å². The van der Waals surface area contributed by atoms with Crippen molar-refractivity contribution in [2.75, 3.05) is 13.1 Å². The van der Waals surface area contributed by atoms with Crippen LogP contribution >= 0.6 is 0 Å². The Hall–Kier alpha value is -1.10. The average Bonchev–Trinajstić information content (AvgIpc) is 2.95. The van der Waals surface area contributed by atoms with Gasteiger partial charge in [0, 0.05) is 19.1 Å². The van der Waals surface area contributed by atoms with E-state index in [4.69, 9.17) is 5.73 Å². The van der Waals surface area contributed by atoms with Crippen LogP contribution in [0.3, 0.4) is 0 Å². The quantitative estimate of drug-likeness (QED) is 0.813. The Bertz CT molecular complexity index is 405. The topological polar surface area (TPSA) is 75.4 Å². The standard InChI is InChI=1S/C17H31N3O2/c1-3-7-13(2)19-15(21)14-8-6-11-20(12-14)16(22)17(18)9-4-5-10-17/h13-14H,3-12,18H2,1-2H3,(H,19,21). The maximum absolute atomic E-state index is 12.7. The summed E-state index contributed by atoms with van der Waals surface area (Å²) in [7, 11) is 0. The van der Waals surface area contributed by atoms with Crippen LogP contribution < -0.4 is 11.1 Å². The monoisotopic (exact) mass is 309 g/mol. The van der Waals surface area contributed by atoms with Gasteiger partial charge in [0.1, 0.15) is 0 Å². The van der Waals surface area contributed by atoms with E-state index in [0.717, 1.165) is 57.9 Å². The Labute approximate surface area is 134 Å². The van der Waals surface area contributed by atoms with E-state index in [0.29, 0.717) is 6.54 Å². The molecule has 22 heavy (non-hydrogen) atoms. The van der Waals surface area contributed by atoms with Gasteiger partial charge in [0.15, 0.2) is 0 Å². The van der Waals surface area contributed by atoms with E-state index < -0.39 is 5.54 Å². The zero-order valence-corrected chi connectivity index (χ0v) is 14.1. The summed E-state index contributed by atoms with van der Waals surface area (Å²) in [4.78, 5) is 26.9. The third-order valence-corrected chi connectivity index (χ3v) is 5.11. The van der Waals surface area contributed by atoms with Gasteiger partial charge in [-0.2, -0.15) is 0 Å². The normalized spacial score (nSPS) is 25.8. The van der Waals surface area contributed by atoms with E-state index in [9.17, 15) is 9.59 Å². The molecule has 5 heteroatoms. The lowest BCUT2D eigenvalue weighted by molar-refractivity contribution is -0.140. The minimum absolute atomic E-state index is 0.0594. The highest BCUT2D eigenvalue weighted by Gasteiger charge is 2.41. The lowest BCUT2D eigenvalue weighted by Crippen LogP contribution is -2.57. The van der Waals surface area contributed by atoms with Gasteiger partial charge in [-0.25, -0.2) is 0 Å². The van der Waals surface area contributed by atoms with Crippen LogP contribution in [0, 0.1) is 5.92 Å². The van der Waals surface area contributed by atoms with Crippen molar-refractivity contribution in [3.8, 4) is 0 Å². The third kappa shape index (κ3) is 4.00. The minimum Gasteiger partial charge on any atom is -0.353 e. The Morgan fingerprint density at radius 1 is 1.32 bits per heavy atom. The van der Waals surface area contributed by atoms with Gasteiger partial charge in [0.05, 0.1) is 11.5 Å². The first-order valence-electron chi connectivity index (χ1n) is 8.85. The van der Waals surface area contributed by atoms with Crippen LogP contribution in [-0.2, 0) is 9.59 Å². The molecule has 1 heterocycles. The number of nitrogens with two attached hydrogens (primary N) is 1. The number of nitrogens with one attached hydrogen (secondary N) is 1. The van der Waals surface area contributed by atoms with Crippen molar-refractivity contribution in [1.29, 1.82) is 0 Å². The van der Waals surface area contributed by atoms with Crippen LogP contribution in [0.25, 0.3) is 0 Å². The van der Waals surface area contributed by atoms with Crippen molar-refractivity contribution in [1.82, 2.24) is 10.2 Å². The first-order chi connectivity index (χ1) is 10.5. The zero-order chi connectivity index (χ0) is 16.2. The van der Waals surface area contributed by atoms with Crippen molar-refractivity contribution in [3.05, 3.63) is 0 Å². The molecule has 126 valence electrons. The smallest absolute Gasteiger partial charge is 0.242 e. The summed E-state index contributed by atoms with van der Waals surface area (Å²) in [6, 6.07) is 0.208. The van der Waals surface area contributed by atoms with E-state index in [1.54, 1.807) is 0 Å². The van der Waals surface area contributed by atoms with Crippen LogP contribution in [0.15, 0.2) is 0 Å². The molecular formula is C17H31N3O2. The van der Waals surface area contributed by atoms with E-state index in [1.165, 1.54) is 0 Å². The molecule has 2 atom stereocenters. The lowest BCUT2D eigenvalue weighted by Gasteiger charge is -2.37. The number of nitrogens with zero attached hydrogens (tertiary/aromatic N) is 1. The summed E-state index contributed by atoms with van der Waals surface area (Å²) in [6.07, 6.45) is 7.45. The number of hydrogen-bond acceptors (Lipinski definition) is 3. The SMILES string of the molecule is CCCC(C)NC(=O)C1CCCN(C(=O)C2(N)CCCC2)C1. The molecule has 5 nitrogen and oxygen atoms in total. The van der Waals surface area contributed by atoms with Crippen molar-refractivity contribution in [3.63, 3.8) is 0 Å². The van der Waals surface area contributed by atoms with Gasteiger partial charge >= 0.3 is 0 Å². The molecule has 2 aliphatic rings. The molecule has 2 rings (SSSR count). The average molecular weight is 309 g/mol. The minimum atomic E-state index is -0.673. The predicted molar refractivity (Wildman–Crippen MR) is 87.2 cm³/mol. The molecule has 1 saturated heterocycles. The highest BCUT2D eigenvalue weighted by atomic mass is 16.2. The molecular weight excluding hydrogens is 278 g/mol. The molecule has 2 amide bonds. The van der Waals surface area contributed by atoms with Crippen molar-refractivity contribution in [2.45, 2.75) is 76.8 Å². The highest BCUT2D eigenvalue weighted by Crippen LogP contribution is 2.30. The fourth-order valence-electron chi connectivity index (χ4n) is 3.78. The van der Waals surface area contributed by atoms with Gasteiger partial charge in [0.25, 0.3) is 0 Å². The summed E-state index contributed by atoms with van der Waals surface area (Å²) in [5.74, 6) is 0.0714. The molecule has 0 radical (unpaired) electrons. The largest absolute Gasteiger partial charge is 0.353 e. The lowest BCUT2D eigenvalue weighted by atomic mass is 9.92. The summed E-state index contributed by atoms with van der Waals surface area (Å²) >= 11 is 0. The molecule has 2 unspecified atom stereocenters. The summed E-state index contributed by atoms with van der Waals surface area (Å²) in [6.45, 7) is 5.43. The van der Waals surface area contributed by atoms with Crippen LogP contribution in [0.2, 0.25) is 0 Å². The van der Waals surface area contributed by atoms with E-state index in [-0.39, 0.29) is 23.8 Å². The van der Waals surface area contributed by atoms with Crippen molar-refractivity contribution < 1.29 is 9.59 Å². The summed E-state index contributed by atoms with van der Waals surface area (Å²) in [5, 5.41) is 3.08. The molecule has 1 aliphatic carbocycles. The Kier molecular flexibility index (Phi) is 5.84. The first kappa shape index (κ1) is 17.3. The Morgan fingerprint density at radius 3 is 2.64 bits per heavy atom. The zero-order valence-electron chi connectivity index (χ0n) is 14.1. The second kappa shape index (κ2) is 7.44. The van der Waals surface area contributed by atoms with Gasteiger partial charge < -0.3 is 16.0 Å². The first-order valence-corrected chi connectivity index (χ1v) is 8.85. The summed E-state index contributed by atoms with van der Waals surface area (Å²) in [5.41, 5.74) is 5.61. The van der Waals surface area contributed by atoms with Crippen LogP contribution in [0.1, 0.15) is 65.2 Å². The Morgan fingerprint density at radius 2 is 2.00 bits per heavy atom. The molecule has 0 bridgehead atoms. The van der Waals surface area contributed by atoms with Gasteiger partial charge in [-0.05, 0) is 39.0 Å². The van der Waals surface area contributed by atoms with E-state index in [2.05, 4.69) is 12.2 Å². The fraction of sp³-hybridized carbons (Fsp3) is 0.882. The molecule has 1 aliphatic heterocycles. The molecule has 3 N–H and O–H groups in total.